The summed E-state index contributed by atoms with van der Waals surface area (Å²) in [6.07, 6.45) is 6.36. The van der Waals surface area contributed by atoms with Gasteiger partial charge < -0.3 is 15.7 Å². The van der Waals surface area contributed by atoms with Gasteiger partial charge >= 0.3 is 0 Å². The first-order valence-electron chi connectivity index (χ1n) is 10.6. The zero-order valence-electron chi connectivity index (χ0n) is 17.5. The molecule has 0 radical (unpaired) electrons. The lowest BCUT2D eigenvalue weighted by molar-refractivity contribution is 0.475. The van der Waals surface area contributed by atoms with Gasteiger partial charge in [0.2, 0.25) is 0 Å². The number of azo groups is 1. The topological polar surface area (TPSA) is 69.0 Å². The first-order valence-corrected chi connectivity index (χ1v) is 10.6. The van der Waals surface area contributed by atoms with E-state index in [1.807, 2.05) is 24.3 Å². The molecule has 3 aromatic rings. The van der Waals surface area contributed by atoms with Crippen LogP contribution < -0.4 is 10.6 Å². The van der Waals surface area contributed by atoms with Gasteiger partial charge in [-0.1, -0.05) is 38.3 Å². The number of anilines is 2. The number of benzene rings is 3. The van der Waals surface area contributed by atoms with Gasteiger partial charge in [0, 0.05) is 11.4 Å². The third-order valence-corrected chi connectivity index (χ3v) is 4.86. The number of phenolic OH excluding ortho intramolecular Hbond substituents is 1. The molecule has 0 spiro atoms. The van der Waals surface area contributed by atoms with Crippen molar-refractivity contribution in [2.24, 2.45) is 10.2 Å². The lowest BCUT2D eigenvalue weighted by Gasteiger charge is -2.10. The van der Waals surface area contributed by atoms with Crippen molar-refractivity contribution in [2.75, 3.05) is 17.3 Å². The van der Waals surface area contributed by atoms with E-state index in [2.05, 4.69) is 52.1 Å². The van der Waals surface area contributed by atoms with Gasteiger partial charge in [-0.15, -0.1) is 0 Å². The number of hydrogen-bond acceptors (Lipinski definition) is 5. The molecule has 0 fully saturated rings. The largest absolute Gasteiger partial charge is 0.508 e. The Morgan fingerprint density at radius 2 is 1.20 bits per heavy atom. The summed E-state index contributed by atoms with van der Waals surface area (Å²) in [5.74, 6) is 0.219. The molecule has 5 nitrogen and oxygen atoms in total. The van der Waals surface area contributed by atoms with Crippen molar-refractivity contribution in [3.8, 4) is 5.75 Å². The van der Waals surface area contributed by atoms with Crippen molar-refractivity contribution in [3.63, 3.8) is 0 Å². The Morgan fingerprint density at radius 3 is 1.77 bits per heavy atom. The molecule has 0 aromatic heterocycles. The maximum atomic E-state index is 9.29. The average molecular weight is 403 g/mol. The summed E-state index contributed by atoms with van der Waals surface area (Å²) in [5.41, 5.74) is 5.00. The Balaban J connectivity index is 1.41. The van der Waals surface area contributed by atoms with Crippen LogP contribution in [-0.4, -0.2) is 11.8 Å². The third-order valence-electron chi connectivity index (χ3n) is 4.86. The number of hydrogen-bond donors (Lipinski definition) is 3. The van der Waals surface area contributed by atoms with Crippen LogP contribution in [0.25, 0.3) is 0 Å². The van der Waals surface area contributed by atoms with Crippen LogP contribution in [0, 0.1) is 0 Å². The number of nitrogens with zero attached hydrogens (tertiary/aromatic N) is 2. The lowest BCUT2D eigenvalue weighted by Crippen LogP contribution is -2.11. The average Bonchev–Trinajstić information content (AvgIpc) is 2.78. The predicted octanol–water partition coefficient (Wildman–Crippen LogP) is 7.41. The minimum atomic E-state index is 0.219. The van der Waals surface area contributed by atoms with Crippen molar-refractivity contribution in [1.82, 2.24) is 0 Å². The maximum Gasteiger partial charge on any atom is 0.115 e. The van der Waals surface area contributed by atoms with Gasteiger partial charge in [0.1, 0.15) is 5.75 Å². The van der Waals surface area contributed by atoms with Crippen LogP contribution in [0.3, 0.4) is 0 Å². The fourth-order valence-corrected chi connectivity index (χ4v) is 3.07. The van der Waals surface area contributed by atoms with E-state index in [0.717, 1.165) is 23.5 Å². The molecule has 3 rings (SSSR count). The van der Waals surface area contributed by atoms with Gasteiger partial charge in [-0.3, -0.25) is 0 Å². The number of aryl methyl sites for hydroxylation is 1. The van der Waals surface area contributed by atoms with E-state index in [1.54, 1.807) is 24.3 Å². The summed E-state index contributed by atoms with van der Waals surface area (Å²) in [4.78, 5) is 0. The van der Waals surface area contributed by atoms with E-state index in [0.29, 0.717) is 12.4 Å². The first-order chi connectivity index (χ1) is 14.7. The van der Waals surface area contributed by atoms with Crippen molar-refractivity contribution in [2.45, 2.75) is 39.0 Å². The first kappa shape index (κ1) is 21.4. The minimum Gasteiger partial charge on any atom is -0.508 e. The normalized spacial score (nSPS) is 11.0. The highest BCUT2D eigenvalue weighted by Crippen LogP contribution is 2.22. The summed E-state index contributed by atoms with van der Waals surface area (Å²) in [5, 5.41) is 24.4. The molecule has 0 saturated carbocycles. The molecule has 0 unspecified atom stereocenters. The molecular weight excluding hydrogens is 372 g/mol. The highest BCUT2D eigenvalue weighted by Gasteiger charge is 1.97. The Kier molecular flexibility index (Phi) is 8.27. The molecule has 0 aliphatic heterocycles. The molecule has 0 bridgehead atoms. The number of rotatable bonds is 11. The van der Waals surface area contributed by atoms with E-state index in [1.165, 1.54) is 31.2 Å². The van der Waals surface area contributed by atoms with E-state index in [4.69, 9.17) is 0 Å². The molecule has 0 saturated heterocycles. The van der Waals surface area contributed by atoms with Gasteiger partial charge in [0.25, 0.3) is 0 Å². The molecule has 3 aromatic carbocycles. The molecule has 3 N–H and O–H groups in total. The quantitative estimate of drug-likeness (QED) is 0.178. The lowest BCUT2D eigenvalue weighted by atomic mass is 10.1. The van der Waals surface area contributed by atoms with Crippen LogP contribution >= 0.6 is 0 Å². The van der Waals surface area contributed by atoms with Crippen LogP contribution in [0.2, 0.25) is 0 Å². The van der Waals surface area contributed by atoms with Crippen molar-refractivity contribution in [1.29, 1.82) is 0 Å². The van der Waals surface area contributed by atoms with Gasteiger partial charge in [-0.25, -0.2) is 0 Å². The van der Waals surface area contributed by atoms with Crippen LogP contribution in [0.4, 0.5) is 22.7 Å². The smallest absolute Gasteiger partial charge is 0.115 e. The summed E-state index contributed by atoms with van der Waals surface area (Å²) < 4.78 is 0. The minimum absolute atomic E-state index is 0.219. The fraction of sp³-hybridized carbons (Fsp3) is 0.280. The van der Waals surface area contributed by atoms with Crippen LogP contribution in [0.5, 0.6) is 5.75 Å². The number of nitrogens with one attached hydrogen (secondary N) is 2. The summed E-state index contributed by atoms with van der Waals surface area (Å²) in [6.45, 7) is 2.89. The molecule has 0 aliphatic rings. The molecule has 156 valence electrons. The van der Waals surface area contributed by atoms with Crippen LogP contribution in [0.1, 0.15) is 38.2 Å². The zero-order valence-corrected chi connectivity index (χ0v) is 17.5. The Bertz CT molecular complexity index is 903. The van der Waals surface area contributed by atoms with E-state index >= 15 is 0 Å². The fourth-order valence-electron chi connectivity index (χ4n) is 3.07. The number of unbranched alkanes of at least 4 members (excludes halogenated alkanes) is 3. The highest BCUT2D eigenvalue weighted by atomic mass is 16.3. The van der Waals surface area contributed by atoms with Gasteiger partial charge in [0.15, 0.2) is 0 Å². The van der Waals surface area contributed by atoms with Crippen LogP contribution in [0.15, 0.2) is 83.0 Å². The van der Waals surface area contributed by atoms with Crippen molar-refractivity contribution in [3.05, 3.63) is 78.4 Å². The molecular formula is C25H30N4O. The SMILES string of the molecule is CCCCCCc1ccc(NCNc2ccc(N=Nc3ccc(O)cc3)cc2)cc1. The van der Waals surface area contributed by atoms with E-state index in [9.17, 15) is 5.11 Å². The molecule has 30 heavy (non-hydrogen) atoms. The molecule has 0 atom stereocenters. The second-order valence-corrected chi connectivity index (χ2v) is 7.30. The second-order valence-electron chi connectivity index (χ2n) is 7.30. The number of aromatic hydroxyl groups is 1. The third kappa shape index (κ3) is 7.24. The van der Waals surface area contributed by atoms with Crippen molar-refractivity contribution < 1.29 is 5.11 Å². The summed E-state index contributed by atoms with van der Waals surface area (Å²) in [7, 11) is 0. The monoisotopic (exact) mass is 402 g/mol. The standard InChI is InChI=1S/C25H30N4O/c1-2-3-4-5-6-20-7-9-21(10-8-20)26-19-27-22-11-13-23(14-12-22)28-29-24-15-17-25(30)18-16-24/h7-18,26-27,30H,2-6,19H2,1H3. The predicted molar refractivity (Wildman–Crippen MR) is 125 cm³/mol. The van der Waals surface area contributed by atoms with Gasteiger partial charge in [-0.2, -0.15) is 10.2 Å². The molecule has 5 heteroatoms. The summed E-state index contributed by atoms with van der Waals surface area (Å²) in [6, 6.07) is 23.1. The highest BCUT2D eigenvalue weighted by molar-refractivity contribution is 5.52. The van der Waals surface area contributed by atoms with Crippen LogP contribution in [-0.2, 0) is 6.42 Å². The Morgan fingerprint density at radius 1 is 0.667 bits per heavy atom. The maximum absolute atomic E-state index is 9.29. The Labute approximate surface area is 178 Å². The molecule has 0 aliphatic carbocycles. The molecule has 0 amide bonds. The van der Waals surface area contributed by atoms with E-state index < -0.39 is 0 Å². The molecule has 0 heterocycles. The van der Waals surface area contributed by atoms with Gasteiger partial charge in [-0.05, 0) is 79.1 Å². The Hall–Kier alpha value is -3.34. The van der Waals surface area contributed by atoms with Gasteiger partial charge in [0.05, 0.1) is 18.0 Å². The second kappa shape index (κ2) is 11.6. The zero-order chi connectivity index (χ0) is 21.0. The van der Waals surface area contributed by atoms with E-state index in [-0.39, 0.29) is 5.75 Å². The number of phenols is 1. The summed E-state index contributed by atoms with van der Waals surface area (Å²) >= 11 is 0. The van der Waals surface area contributed by atoms with Crippen molar-refractivity contribution >= 4 is 22.7 Å².